The van der Waals surface area contributed by atoms with Crippen LogP contribution >= 0.6 is 0 Å². The van der Waals surface area contributed by atoms with E-state index in [4.69, 9.17) is 0 Å². The van der Waals surface area contributed by atoms with Gasteiger partial charge in [0.25, 0.3) is 0 Å². The molecule has 2 N–H and O–H groups in total. The van der Waals surface area contributed by atoms with E-state index in [1.54, 1.807) is 0 Å². The maximum absolute atomic E-state index is 4.56. The summed E-state index contributed by atoms with van der Waals surface area (Å²) in [6, 6.07) is 3.31. The Hall–Kier alpha value is -1.36. The number of aryl methyl sites for hydroxylation is 1. The van der Waals surface area contributed by atoms with Crippen LogP contribution in [0.1, 0.15) is 63.6 Å². The molecule has 5 heteroatoms. The molecule has 2 aliphatic rings. The molecule has 1 aromatic heterocycles. The van der Waals surface area contributed by atoms with Gasteiger partial charge in [-0.15, -0.1) is 0 Å². The van der Waals surface area contributed by atoms with Gasteiger partial charge in [-0.3, -0.25) is 0 Å². The Kier molecular flexibility index (Phi) is 6.51. The molecule has 2 saturated carbocycles. The van der Waals surface area contributed by atoms with Gasteiger partial charge in [0.05, 0.1) is 0 Å². The van der Waals surface area contributed by atoms with Gasteiger partial charge in [0.1, 0.15) is 17.5 Å². The van der Waals surface area contributed by atoms with E-state index < -0.39 is 0 Å². The zero-order valence-electron chi connectivity index (χ0n) is 16.2. The molecule has 0 bridgehead atoms. The Labute approximate surface area is 153 Å². The minimum Gasteiger partial charge on any atom is -0.367 e. The third-order valence-electron chi connectivity index (χ3n) is 5.78. The molecular formula is C20H35N5. The van der Waals surface area contributed by atoms with E-state index in [1.807, 2.05) is 25.9 Å². The standard InChI is InChI=1S/C20H35N5/c1-15-22-19(13-20(23-15)25(2)3)24-18-11-9-17(10-12-18)21-14-16-7-5-4-6-8-16/h13,16-18,21H,4-12,14H2,1-3H3,(H,22,23,24). The molecule has 3 rings (SSSR count). The minimum absolute atomic E-state index is 0.539. The van der Waals surface area contributed by atoms with Crippen LogP contribution in [0.4, 0.5) is 11.6 Å². The summed E-state index contributed by atoms with van der Waals surface area (Å²) >= 11 is 0. The molecule has 1 heterocycles. The van der Waals surface area contributed by atoms with Crippen molar-refractivity contribution < 1.29 is 0 Å². The van der Waals surface area contributed by atoms with E-state index in [0.29, 0.717) is 12.1 Å². The number of rotatable bonds is 6. The first kappa shape index (κ1) is 18.4. The van der Waals surface area contributed by atoms with Crippen molar-refractivity contribution in [1.82, 2.24) is 15.3 Å². The van der Waals surface area contributed by atoms with Gasteiger partial charge in [0, 0.05) is 32.2 Å². The normalized spacial score (nSPS) is 24.9. The number of nitrogens with one attached hydrogen (secondary N) is 2. The van der Waals surface area contributed by atoms with Crippen molar-refractivity contribution in [2.45, 2.75) is 76.8 Å². The number of hydrogen-bond donors (Lipinski definition) is 2. The van der Waals surface area contributed by atoms with Crippen molar-refractivity contribution in [2.24, 2.45) is 5.92 Å². The SMILES string of the molecule is Cc1nc(NC2CCC(NCC3CCCCC3)CC2)cc(N(C)C)n1. The summed E-state index contributed by atoms with van der Waals surface area (Å²) in [5.74, 6) is 3.70. The van der Waals surface area contributed by atoms with Crippen molar-refractivity contribution in [1.29, 1.82) is 0 Å². The maximum atomic E-state index is 4.56. The molecule has 0 amide bonds. The fraction of sp³-hybridized carbons (Fsp3) is 0.800. The summed E-state index contributed by atoms with van der Waals surface area (Å²) in [5, 5.41) is 7.49. The van der Waals surface area contributed by atoms with Crippen LogP contribution in [-0.4, -0.2) is 42.7 Å². The van der Waals surface area contributed by atoms with Gasteiger partial charge in [-0.2, -0.15) is 0 Å². The largest absolute Gasteiger partial charge is 0.367 e. The third-order valence-corrected chi connectivity index (χ3v) is 5.78. The molecule has 25 heavy (non-hydrogen) atoms. The smallest absolute Gasteiger partial charge is 0.133 e. The van der Waals surface area contributed by atoms with Crippen molar-refractivity contribution in [3.63, 3.8) is 0 Å². The van der Waals surface area contributed by atoms with E-state index in [-0.39, 0.29) is 0 Å². The second-order valence-corrected chi connectivity index (χ2v) is 8.16. The van der Waals surface area contributed by atoms with Crippen LogP contribution in [0.2, 0.25) is 0 Å². The monoisotopic (exact) mass is 345 g/mol. The van der Waals surface area contributed by atoms with Crippen LogP contribution in [0.15, 0.2) is 6.07 Å². The highest BCUT2D eigenvalue weighted by Crippen LogP contribution is 2.25. The molecule has 0 radical (unpaired) electrons. The zero-order chi connectivity index (χ0) is 17.6. The molecule has 0 unspecified atom stereocenters. The molecule has 2 fully saturated rings. The van der Waals surface area contributed by atoms with Crippen LogP contribution in [-0.2, 0) is 0 Å². The number of anilines is 2. The quantitative estimate of drug-likeness (QED) is 0.822. The molecule has 1 aromatic rings. The van der Waals surface area contributed by atoms with Crippen molar-refractivity contribution in [3.05, 3.63) is 11.9 Å². The topological polar surface area (TPSA) is 53.1 Å². The van der Waals surface area contributed by atoms with Gasteiger partial charge < -0.3 is 15.5 Å². The molecule has 0 aliphatic heterocycles. The van der Waals surface area contributed by atoms with Gasteiger partial charge in [-0.25, -0.2) is 9.97 Å². The summed E-state index contributed by atoms with van der Waals surface area (Å²) in [7, 11) is 4.05. The second-order valence-electron chi connectivity index (χ2n) is 8.16. The van der Waals surface area contributed by atoms with Crippen molar-refractivity contribution in [3.8, 4) is 0 Å². The number of aromatic nitrogens is 2. The van der Waals surface area contributed by atoms with E-state index in [9.17, 15) is 0 Å². The maximum Gasteiger partial charge on any atom is 0.133 e. The van der Waals surface area contributed by atoms with E-state index in [1.165, 1.54) is 64.3 Å². The van der Waals surface area contributed by atoms with E-state index >= 15 is 0 Å². The molecule has 0 atom stereocenters. The highest BCUT2D eigenvalue weighted by Gasteiger charge is 2.22. The Morgan fingerprint density at radius 2 is 1.64 bits per heavy atom. The lowest BCUT2D eigenvalue weighted by molar-refractivity contribution is 0.294. The first-order chi connectivity index (χ1) is 12.1. The molecule has 0 aromatic carbocycles. The molecule has 140 valence electrons. The fourth-order valence-electron chi connectivity index (χ4n) is 4.23. The third kappa shape index (κ3) is 5.56. The van der Waals surface area contributed by atoms with Crippen molar-refractivity contribution >= 4 is 11.6 Å². The minimum atomic E-state index is 0.539. The van der Waals surface area contributed by atoms with E-state index in [2.05, 4.69) is 26.7 Å². The molecule has 2 aliphatic carbocycles. The Morgan fingerprint density at radius 3 is 2.32 bits per heavy atom. The lowest BCUT2D eigenvalue weighted by Crippen LogP contribution is -2.39. The first-order valence-corrected chi connectivity index (χ1v) is 10.1. The Morgan fingerprint density at radius 1 is 0.960 bits per heavy atom. The van der Waals surface area contributed by atoms with Gasteiger partial charge in [-0.05, 0) is 57.9 Å². The fourth-order valence-corrected chi connectivity index (χ4v) is 4.23. The summed E-state index contributed by atoms with van der Waals surface area (Å²) in [5.41, 5.74) is 0. The predicted molar refractivity (Wildman–Crippen MR) is 105 cm³/mol. The molecule has 5 nitrogen and oxygen atoms in total. The summed E-state index contributed by atoms with van der Waals surface area (Å²) in [4.78, 5) is 11.1. The molecular weight excluding hydrogens is 310 g/mol. The summed E-state index contributed by atoms with van der Waals surface area (Å²) in [6.45, 7) is 3.20. The van der Waals surface area contributed by atoms with Crippen molar-refractivity contribution in [2.75, 3.05) is 30.9 Å². The molecule has 0 saturated heterocycles. The predicted octanol–water partition coefficient (Wildman–Crippen LogP) is 3.74. The van der Waals surface area contributed by atoms with Crippen LogP contribution in [0.25, 0.3) is 0 Å². The van der Waals surface area contributed by atoms with Gasteiger partial charge >= 0.3 is 0 Å². The number of nitrogens with zero attached hydrogens (tertiary/aromatic N) is 3. The van der Waals surface area contributed by atoms with Crippen LogP contribution < -0.4 is 15.5 Å². The summed E-state index contributed by atoms with van der Waals surface area (Å²) < 4.78 is 0. The van der Waals surface area contributed by atoms with Crippen LogP contribution in [0.3, 0.4) is 0 Å². The Bertz CT molecular complexity index is 531. The zero-order valence-corrected chi connectivity index (χ0v) is 16.2. The highest BCUT2D eigenvalue weighted by atomic mass is 15.2. The molecule has 0 spiro atoms. The van der Waals surface area contributed by atoms with Crippen LogP contribution in [0.5, 0.6) is 0 Å². The lowest BCUT2D eigenvalue weighted by atomic mass is 9.87. The number of hydrogen-bond acceptors (Lipinski definition) is 5. The highest BCUT2D eigenvalue weighted by molar-refractivity contribution is 5.49. The van der Waals surface area contributed by atoms with E-state index in [0.717, 1.165) is 23.4 Å². The average molecular weight is 346 g/mol. The van der Waals surface area contributed by atoms with Crippen LogP contribution in [0, 0.1) is 12.8 Å². The summed E-state index contributed by atoms with van der Waals surface area (Å²) in [6.07, 6.45) is 12.2. The van der Waals surface area contributed by atoms with Gasteiger partial charge in [-0.1, -0.05) is 19.3 Å². The first-order valence-electron chi connectivity index (χ1n) is 10.1. The van der Waals surface area contributed by atoms with Gasteiger partial charge in [0.15, 0.2) is 0 Å². The lowest BCUT2D eigenvalue weighted by Gasteiger charge is -2.32. The second kappa shape index (κ2) is 8.84. The van der Waals surface area contributed by atoms with Gasteiger partial charge in [0.2, 0.25) is 0 Å². The Balaban J connectivity index is 1.43. The average Bonchev–Trinajstić information content (AvgIpc) is 2.61.